The number of ether oxygens (including phenoxy) is 3. The summed E-state index contributed by atoms with van der Waals surface area (Å²) in [7, 11) is 2.91. The highest BCUT2D eigenvalue weighted by molar-refractivity contribution is 5.96. The molecule has 0 radical (unpaired) electrons. The van der Waals surface area contributed by atoms with Gasteiger partial charge in [-0.2, -0.15) is 0 Å². The number of aliphatic hydroxyl groups is 4. The maximum atomic E-state index is 13.8. The van der Waals surface area contributed by atoms with E-state index in [0.29, 0.717) is 37.3 Å². The maximum absolute atomic E-state index is 13.8. The summed E-state index contributed by atoms with van der Waals surface area (Å²) in [6.45, 7) is 24.0. The van der Waals surface area contributed by atoms with E-state index in [9.17, 15) is 25.2 Å². The highest BCUT2D eigenvalue weighted by Gasteiger charge is 2.38. The van der Waals surface area contributed by atoms with Crippen molar-refractivity contribution in [2.24, 2.45) is 40.7 Å². The number of carbonyl (C=O) groups is 1. The van der Waals surface area contributed by atoms with Gasteiger partial charge in [0.1, 0.15) is 18.8 Å². The zero-order chi connectivity index (χ0) is 42.5. The van der Waals surface area contributed by atoms with E-state index in [4.69, 9.17) is 19.0 Å². The van der Waals surface area contributed by atoms with E-state index in [2.05, 4.69) is 23.9 Å². The van der Waals surface area contributed by atoms with Crippen LogP contribution < -0.4 is 0 Å². The Hall–Kier alpha value is -3.06. The molecule has 0 aromatic heterocycles. The number of oxime groups is 1. The summed E-state index contributed by atoms with van der Waals surface area (Å²) in [6, 6.07) is 0. The smallest absolute Gasteiger partial charge is 0.373 e. The number of hydrogen-bond acceptors (Lipinski definition) is 11. The minimum atomic E-state index is -1.09. The van der Waals surface area contributed by atoms with Crippen LogP contribution in [0.25, 0.3) is 0 Å². The molecule has 4 N–H and O–H groups in total. The van der Waals surface area contributed by atoms with E-state index in [-0.39, 0.29) is 29.4 Å². The van der Waals surface area contributed by atoms with Gasteiger partial charge in [0, 0.05) is 43.2 Å². The highest BCUT2D eigenvalue weighted by Crippen LogP contribution is 2.30. The molecule has 0 bridgehead atoms. The minimum absolute atomic E-state index is 0.0583. The maximum Gasteiger partial charge on any atom is 0.373 e. The molecule has 0 spiro atoms. The molecule has 0 amide bonds. The van der Waals surface area contributed by atoms with Gasteiger partial charge in [0.15, 0.2) is 0 Å². The topological polar surface area (TPSA) is 151 Å². The van der Waals surface area contributed by atoms with Crippen molar-refractivity contribution in [2.75, 3.05) is 40.5 Å². The van der Waals surface area contributed by atoms with Crippen LogP contribution in [0, 0.1) is 35.5 Å². The second-order valence-electron chi connectivity index (χ2n) is 15.4. The predicted molar refractivity (Wildman–Crippen MR) is 226 cm³/mol. The van der Waals surface area contributed by atoms with E-state index in [1.165, 1.54) is 14.2 Å². The Morgan fingerprint density at radius 3 is 2.29 bits per heavy atom. The van der Waals surface area contributed by atoms with Crippen molar-refractivity contribution in [3.63, 3.8) is 0 Å². The van der Waals surface area contributed by atoms with E-state index in [1.54, 1.807) is 37.3 Å². The molecule has 320 valence electrons. The molecule has 11 heteroatoms. The SMILES string of the molecule is C/C=C/C(O)C(C)/C=C/C(=N\OCCN(CC)CC)C(C)C(O)C(C)C1OC(=O)/C(OC)=C/C(C)=C/C(C)C(O)C(CC)C(O)C(C)C/C(C)=C/C=C/C1OC. The van der Waals surface area contributed by atoms with Gasteiger partial charge in [0.05, 0.1) is 37.2 Å². The van der Waals surface area contributed by atoms with Crippen LogP contribution in [0.4, 0.5) is 0 Å². The Morgan fingerprint density at radius 2 is 1.71 bits per heavy atom. The molecule has 11 nitrogen and oxygen atoms in total. The summed E-state index contributed by atoms with van der Waals surface area (Å²) in [6.07, 6.45) is 12.2. The molecular formula is C45H76N2O9. The number of cyclic esters (lactones) is 1. The van der Waals surface area contributed by atoms with Crippen LogP contribution >= 0.6 is 0 Å². The predicted octanol–water partition coefficient (Wildman–Crippen LogP) is 6.79. The molecule has 1 aliphatic rings. The summed E-state index contributed by atoms with van der Waals surface area (Å²) >= 11 is 0. The highest BCUT2D eigenvalue weighted by atomic mass is 16.6. The third-order valence-corrected chi connectivity index (χ3v) is 11.0. The second-order valence-corrected chi connectivity index (χ2v) is 15.4. The van der Waals surface area contributed by atoms with Gasteiger partial charge in [0.25, 0.3) is 0 Å². The Morgan fingerprint density at radius 1 is 1.05 bits per heavy atom. The first-order chi connectivity index (χ1) is 26.5. The monoisotopic (exact) mass is 789 g/mol. The van der Waals surface area contributed by atoms with Crippen LogP contribution in [0.5, 0.6) is 0 Å². The fourth-order valence-corrected chi connectivity index (χ4v) is 7.13. The lowest BCUT2D eigenvalue weighted by Gasteiger charge is -2.34. The summed E-state index contributed by atoms with van der Waals surface area (Å²) in [5.74, 6) is -3.10. The molecule has 1 aliphatic heterocycles. The zero-order valence-electron chi connectivity index (χ0n) is 36.6. The van der Waals surface area contributed by atoms with Crippen LogP contribution in [0.2, 0.25) is 0 Å². The minimum Gasteiger partial charge on any atom is -0.490 e. The fraction of sp³-hybridized carbons (Fsp3) is 0.689. The fourth-order valence-electron chi connectivity index (χ4n) is 7.13. The average molecular weight is 789 g/mol. The number of esters is 1. The molecule has 0 aliphatic carbocycles. The van der Waals surface area contributed by atoms with Crippen molar-refractivity contribution >= 4 is 11.7 Å². The van der Waals surface area contributed by atoms with Gasteiger partial charge in [-0.05, 0) is 64.8 Å². The number of likely N-dealkylation sites (N-methyl/N-ethyl adjacent to an activating group) is 1. The van der Waals surface area contributed by atoms with Gasteiger partial charge in [-0.3, -0.25) is 0 Å². The Bertz CT molecular complexity index is 1360. The van der Waals surface area contributed by atoms with Crippen molar-refractivity contribution in [1.82, 2.24) is 4.90 Å². The number of hydrogen-bond donors (Lipinski definition) is 4. The van der Waals surface area contributed by atoms with Crippen molar-refractivity contribution in [3.05, 3.63) is 71.6 Å². The lowest BCUT2D eigenvalue weighted by atomic mass is 9.79. The lowest BCUT2D eigenvalue weighted by Crippen LogP contribution is -2.45. The standard InChI is InChI=1S/C45H76N2O9/c1-14-19-38(48)31(7)22-23-37(46-55-25-24-47(16-3)17-4)34(10)43(51)35(11)44-39(53-12)21-18-20-29(5)26-32(8)41(49)36(15-2)42(50)33(9)27-30(6)28-40(54-13)45(52)56-44/h14,18-23,27-28,31-36,38-39,41-44,48-51H,15-17,24-26H2,1-13H3/b19-14+,21-18+,23-22+,29-20+,30-27+,40-28-,46-37+. The van der Waals surface area contributed by atoms with Crippen LogP contribution in [0.3, 0.4) is 0 Å². The molecule has 0 aromatic rings. The van der Waals surface area contributed by atoms with Crippen molar-refractivity contribution in [3.8, 4) is 0 Å². The molecule has 56 heavy (non-hydrogen) atoms. The lowest BCUT2D eigenvalue weighted by molar-refractivity contribution is -0.161. The number of nitrogens with zero attached hydrogens (tertiary/aromatic N) is 2. The van der Waals surface area contributed by atoms with Crippen molar-refractivity contribution < 1.29 is 44.3 Å². The first-order valence-electron chi connectivity index (χ1n) is 20.5. The zero-order valence-corrected chi connectivity index (χ0v) is 36.6. The molecule has 12 atom stereocenters. The molecule has 0 fully saturated rings. The van der Waals surface area contributed by atoms with Crippen molar-refractivity contribution in [2.45, 2.75) is 126 Å². The molecule has 0 saturated heterocycles. The number of aliphatic hydroxyl groups excluding tert-OH is 4. The third kappa shape index (κ3) is 16.4. The normalized spacial score (nSPS) is 31.5. The Kier molecular flexibility index (Phi) is 24.4. The summed E-state index contributed by atoms with van der Waals surface area (Å²) in [4.78, 5) is 21.9. The van der Waals surface area contributed by atoms with Crippen LogP contribution in [0.15, 0.2) is 76.7 Å². The van der Waals surface area contributed by atoms with Gasteiger partial charge in [-0.25, -0.2) is 4.79 Å². The first kappa shape index (κ1) is 51.0. The van der Waals surface area contributed by atoms with E-state index in [0.717, 1.165) is 18.7 Å². The molecule has 0 aromatic carbocycles. The van der Waals surface area contributed by atoms with Gasteiger partial charge in [0.2, 0.25) is 5.76 Å². The molecular weight excluding hydrogens is 712 g/mol. The van der Waals surface area contributed by atoms with Crippen molar-refractivity contribution in [1.29, 1.82) is 0 Å². The average Bonchev–Trinajstić information content (AvgIpc) is 3.17. The molecule has 0 saturated carbocycles. The number of allylic oxidation sites excluding steroid dienone is 7. The van der Waals surface area contributed by atoms with Crippen LogP contribution in [-0.2, 0) is 23.8 Å². The van der Waals surface area contributed by atoms with Crippen LogP contribution in [0.1, 0.15) is 89.0 Å². The molecule has 1 heterocycles. The number of methoxy groups -OCH3 is 2. The van der Waals surface area contributed by atoms with E-state index >= 15 is 0 Å². The van der Waals surface area contributed by atoms with Gasteiger partial charge >= 0.3 is 5.97 Å². The first-order valence-corrected chi connectivity index (χ1v) is 20.5. The molecule has 12 unspecified atom stereocenters. The number of carbonyl (C=O) groups excluding carboxylic acids is 1. The van der Waals surface area contributed by atoms with Gasteiger partial charge < -0.3 is 44.4 Å². The Labute approximate surface area is 338 Å². The van der Waals surface area contributed by atoms with Crippen LogP contribution in [-0.4, -0.2) is 114 Å². The van der Waals surface area contributed by atoms with Gasteiger partial charge in [-0.1, -0.05) is 114 Å². The molecule has 1 rings (SSSR count). The van der Waals surface area contributed by atoms with Gasteiger partial charge in [-0.15, -0.1) is 0 Å². The summed E-state index contributed by atoms with van der Waals surface area (Å²) in [5, 5.41) is 49.7. The largest absolute Gasteiger partial charge is 0.490 e. The number of rotatable bonds is 17. The quantitative estimate of drug-likeness (QED) is 0.0408. The summed E-state index contributed by atoms with van der Waals surface area (Å²) in [5.41, 5.74) is 2.15. The third-order valence-electron chi connectivity index (χ3n) is 11.0. The second kappa shape index (κ2) is 26.8. The van der Waals surface area contributed by atoms with E-state index < -0.39 is 54.4 Å². The summed E-state index contributed by atoms with van der Waals surface area (Å²) < 4.78 is 17.6. The van der Waals surface area contributed by atoms with E-state index in [1.807, 2.05) is 79.7 Å². The Balaban J connectivity index is 3.74.